The van der Waals surface area contributed by atoms with Crippen molar-refractivity contribution in [2.45, 2.75) is 39.3 Å². The van der Waals surface area contributed by atoms with E-state index in [2.05, 4.69) is 5.32 Å². The third-order valence-corrected chi connectivity index (χ3v) is 2.40. The van der Waals surface area contributed by atoms with Crippen molar-refractivity contribution in [3.8, 4) is 0 Å². The molecule has 5 heteroatoms. The number of carbonyl (C=O) groups is 1. The first-order valence-electron chi connectivity index (χ1n) is 6.22. The molecule has 1 heterocycles. The lowest BCUT2D eigenvalue weighted by molar-refractivity contribution is 0.0696. The number of rotatable bonds is 9. The van der Waals surface area contributed by atoms with Gasteiger partial charge in [-0.1, -0.05) is 0 Å². The second-order valence-corrected chi connectivity index (χ2v) is 4.41. The van der Waals surface area contributed by atoms with E-state index in [9.17, 15) is 4.79 Å². The Bertz CT molecular complexity index is 360. The van der Waals surface area contributed by atoms with Gasteiger partial charge in [0.2, 0.25) is 0 Å². The minimum absolute atomic E-state index is 0.192. The molecule has 0 unspecified atom stereocenters. The van der Waals surface area contributed by atoms with Gasteiger partial charge in [0.25, 0.3) is 0 Å². The lowest BCUT2D eigenvalue weighted by Gasteiger charge is -2.07. The first kappa shape index (κ1) is 14.7. The lowest BCUT2D eigenvalue weighted by atomic mass is 10.3. The number of nitrogens with one attached hydrogen (secondary N) is 1. The van der Waals surface area contributed by atoms with Crippen LogP contribution in [0, 0.1) is 0 Å². The number of ether oxygens (including phenoxy) is 1. The Morgan fingerprint density at radius 3 is 2.89 bits per heavy atom. The Morgan fingerprint density at radius 2 is 2.28 bits per heavy atom. The van der Waals surface area contributed by atoms with Gasteiger partial charge in [-0.25, -0.2) is 4.79 Å². The van der Waals surface area contributed by atoms with Gasteiger partial charge in [-0.3, -0.25) is 0 Å². The van der Waals surface area contributed by atoms with Gasteiger partial charge in [-0.15, -0.1) is 0 Å². The Morgan fingerprint density at radius 1 is 1.50 bits per heavy atom. The summed E-state index contributed by atoms with van der Waals surface area (Å²) in [7, 11) is 0. The molecule has 0 atom stereocenters. The van der Waals surface area contributed by atoms with Crippen LogP contribution in [0.1, 0.15) is 42.8 Å². The molecule has 0 aromatic carbocycles. The van der Waals surface area contributed by atoms with Crippen LogP contribution in [-0.2, 0) is 11.3 Å². The van der Waals surface area contributed by atoms with Gasteiger partial charge >= 0.3 is 5.97 Å². The summed E-state index contributed by atoms with van der Waals surface area (Å²) >= 11 is 0. The van der Waals surface area contributed by atoms with E-state index in [1.54, 1.807) is 0 Å². The topological polar surface area (TPSA) is 71.7 Å². The Balaban J connectivity index is 2.05. The molecule has 0 fully saturated rings. The van der Waals surface area contributed by atoms with Crippen molar-refractivity contribution in [2.24, 2.45) is 0 Å². The summed E-state index contributed by atoms with van der Waals surface area (Å²) in [6.07, 6.45) is 3.59. The van der Waals surface area contributed by atoms with Crippen LogP contribution in [-0.4, -0.2) is 30.3 Å². The normalized spacial score (nSPS) is 11.1. The van der Waals surface area contributed by atoms with Gasteiger partial charge in [0.1, 0.15) is 12.0 Å². The fraction of sp³-hybridized carbons (Fsp3) is 0.615. The lowest BCUT2D eigenvalue weighted by Crippen LogP contribution is -2.15. The molecular formula is C13H21NO4. The molecule has 0 saturated carbocycles. The minimum atomic E-state index is -0.962. The van der Waals surface area contributed by atoms with Crippen LogP contribution in [0.25, 0.3) is 0 Å². The smallest absolute Gasteiger partial charge is 0.338 e. The third kappa shape index (κ3) is 5.84. The van der Waals surface area contributed by atoms with E-state index in [4.69, 9.17) is 14.3 Å². The molecule has 102 valence electrons. The summed E-state index contributed by atoms with van der Waals surface area (Å²) in [4.78, 5) is 10.6. The standard InChI is InChI=1S/C13H21NO4/c1-10(2)17-6-4-3-5-14-8-12-7-11(9-18-12)13(15)16/h7,9-10,14H,3-6,8H2,1-2H3,(H,15,16). The number of carboxylic acid groups (broad SMARTS) is 1. The highest BCUT2D eigenvalue weighted by atomic mass is 16.5. The van der Waals surface area contributed by atoms with Crippen molar-refractivity contribution < 1.29 is 19.1 Å². The van der Waals surface area contributed by atoms with E-state index >= 15 is 0 Å². The summed E-state index contributed by atoms with van der Waals surface area (Å²) in [5.41, 5.74) is 0.192. The van der Waals surface area contributed by atoms with Crippen LogP contribution in [0.15, 0.2) is 16.7 Å². The SMILES string of the molecule is CC(C)OCCCCNCc1cc(C(=O)O)co1. The number of hydrogen-bond acceptors (Lipinski definition) is 4. The van der Waals surface area contributed by atoms with Crippen molar-refractivity contribution in [3.05, 3.63) is 23.7 Å². The van der Waals surface area contributed by atoms with E-state index < -0.39 is 5.97 Å². The minimum Gasteiger partial charge on any atom is -0.478 e. The van der Waals surface area contributed by atoms with Crippen LogP contribution in [0.2, 0.25) is 0 Å². The largest absolute Gasteiger partial charge is 0.478 e. The molecule has 18 heavy (non-hydrogen) atoms. The Kier molecular flexibility index (Phi) is 6.46. The molecule has 0 spiro atoms. The first-order chi connectivity index (χ1) is 8.59. The zero-order chi connectivity index (χ0) is 13.4. The number of hydrogen-bond donors (Lipinski definition) is 2. The van der Waals surface area contributed by atoms with Crippen molar-refractivity contribution in [2.75, 3.05) is 13.2 Å². The molecule has 1 aromatic heterocycles. The van der Waals surface area contributed by atoms with Gasteiger partial charge in [0, 0.05) is 6.61 Å². The van der Waals surface area contributed by atoms with E-state index in [0.29, 0.717) is 12.3 Å². The summed E-state index contributed by atoms with van der Waals surface area (Å²) in [6.45, 7) is 6.25. The van der Waals surface area contributed by atoms with Crippen LogP contribution >= 0.6 is 0 Å². The highest BCUT2D eigenvalue weighted by molar-refractivity contribution is 5.87. The van der Waals surface area contributed by atoms with Gasteiger partial charge < -0.3 is 19.6 Å². The van der Waals surface area contributed by atoms with Gasteiger partial charge in [0.15, 0.2) is 0 Å². The maximum atomic E-state index is 10.6. The predicted octanol–water partition coefficient (Wildman–Crippen LogP) is 2.27. The van der Waals surface area contributed by atoms with Crippen LogP contribution in [0.3, 0.4) is 0 Å². The van der Waals surface area contributed by atoms with Crippen molar-refractivity contribution in [3.63, 3.8) is 0 Å². The zero-order valence-corrected chi connectivity index (χ0v) is 10.9. The van der Waals surface area contributed by atoms with E-state index in [1.165, 1.54) is 12.3 Å². The van der Waals surface area contributed by atoms with E-state index in [-0.39, 0.29) is 11.7 Å². The summed E-state index contributed by atoms with van der Waals surface area (Å²) in [6, 6.07) is 1.54. The molecule has 0 aliphatic heterocycles. The first-order valence-corrected chi connectivity index (χ1v) is 6.22. The number of furan rings is 1. The van der Waals surface area contributed by atoms with Gasteiger partial charge in [0.05, 0.1) is 18.2 Å². The monoisotopic (exact) mass is 255 g/mol. The Labute approximate surface area is 107 Å². The maximum Gasteiger partial charge on any atom is 0.338 e. The fourth-order valence-electron chi connectivity index (χ4n) is 1.47. The van der Waals surface area contributed by atoms with E-state index in [1.807, 2.05) is 13.8 Å². The molecule has 0 amide bonds. The number of carboxylic acids is 1. The van der Waals surface area contributed by atoms with Gasteiger partial charge in [-0.05, 0) is 39.3 Å². The molecule has 0 saturated heterocycles. The number of unbranched alkanes of at least 4 members (excludes halogenated alkanes) is 1. The van der Waals surface area contributed by atoms with Crippen molar-refractivity contribution >= 4 is 5.97 Å². The van der Waals surface area contributed by atoms with Crippen molar-refractivity contribution in [1.82, 2.24) is 5.32 Å². The molecule has 0 bridgehead atoms. The summed E-state index contributed by atoms with van der Waals surface area (Å²) < 4.78 is 10.5. The third-order valence-electron chi connectivity index (χ3n) is 2.40. The highest BCUT2D eigenvalue weighted by Gasteiger charge is 2.07. The average Bonchev–Trinajstić information content (AvgIpc) is 2.76. The second kappa shape index (κ2) is 7.89. The van der Waals surface area contributed by atoms with Crippen LogP contribution in [0.5, 0.6) is 0 Å². The van der Waals surface area contributed by atoms with Gasteiger partial charge in [-0.2, -0.15) is 0 Å². The molecule has 0 radical (unpaired) electrons. The average molecular weight is 255 g/mol. The van der Waals surface area contributed by atoms with Crippen molar-refractivity contribution in [1.29, 1.82) is 0 Å². The summed E-state index contributed by atoms with van der Waals surface area (Å²) in [5, 5.41) is 11.9. The quantitative estimate of drug-likeness (QED) is 0.662. The second-order valence-electron chi connectivity index (χ2n) is 4.41. The predicted molar refractivity (Wildman–Crippen MR) is 67.7 cm³/mol. The van der Waals surface area contributed by atoms with Crippen LogP contribution < -0.4 is 5.32 Å². The fourth-order valence-corrected chi connectivity index (χ4v) is 1.47. The molecular weight excluding hydrogens is 234 g/mol. The number of aromatic carboxylic acids is 1. The van der Waals surface area contributed by atoms with E-state index in [0.717, 1.165) is 26.0 Å². The Hall–Kier alpha value is -1.33. The highest BCUT2D eigenvalue weighted by Crippen LogP contribution is 2.07. The molecule has 1 aromatic rings. The molecule has 2 N–H and O–H groups in total. The summed E-state index contributed by atoms with van der Waals surface area (Å²) in [5.74, 6) is -0.318. The maximum absolute atomic E-state index is 10.6. The molecule has 0 aliphatic carbocycles. The molecule has 5 nitrogen and oxygen atoms in total. The van der Waals surface area contributed by atoms with Crippen LogP contribution in [0.4, 0.5) is 0 Å². The molecule has 1 rings (SSSR count). The molecule has 0 aliphatic rings. The zero-order valence-electron chi connectivity index (χ0n) is 10.9.